The molecule has 0 saturated heterocycles. The SMILES string of the molecule is N#Cc1ccnc(NC2CC2N)n1. The molecule has 2 unspecified atom stereocenters. The summed E-state index contributed by atoms with van der Waals surface area (Å²) in [6.45, 7) is 0. The first-order chi connectivity index (χ1) is 6.29. The largest absolute Gasteiger partial charge is 0.350 e. The lowest BCUT2D eigenvalue weighted by molar-refractivity contribution is 0.974. The Labute approximate surface area is 75.6 Å². The zero-order valence-electron chi connectivity index (χ0n) is 6.94. The number of rotatable bonds is 2. The van der Waals surface area contributed by atoms with Crippen LogP contribution in [0.15, 0.2) is 12.3 Å². The van der Waals surface area contributed by atoms with Crippen LogP contribution < -0.4 is 11.1 Å². The second kappa shape index (κ2) is 2.99. The topological polar surface area (TPSA) is 87.6 Å². The van der Waals surface area contributed by atoms with E-state index in [2.05, 4.69) is 15.3 Å². The number of nitriles is 1. The Kier molecular flexibility index (Phi) is 1.83. The van der Waals surface area contributed by atoms with Gasteiger partial charge in [0.1, 0.15) is 11.8 Å². The second-order valence-electron chi connectivity index (χ2n) is 3.03. The van der Waals surface area contributed by atoms with Crippen molar-refractivity contribution in [2.45, 2.75) is 18.5 Å². The van der Waals surface area contributed by atoms with Gasteiger partial charge in [0, 0.05) is 18.3 Å². The number of aromatic nitrogens is 2. The molecule has 2 rings (SSSR count). The predicted molar refractivity (Wildman–Crippen MR) is 46.8 cm³/mol. The molecular weight excluding hydrogens is 166 g/mol. The normalized spacial score (nSPS) is 24.9. The summed E-state index contributed by atoms with van der Waals surface area (Å²) >= 11 is 0. The van der Waals surface area contributed by atoms with Crippen molar-refractivity contribution in [2.75, 3.05) is 5.32 Å². The molecule has 13 heavy (non-hydrogen) atoms. The molecule has 1 aliphatic carbocycles. The van der Waals surface area contributed by atoms with E-state index >= 15 is 0 Å². The van der Waals surface area contributed by atoms with E-state index in [0.717, 1.165) is 6.42 Å². The lowest BCUT2D eigenvalue weighted by Crippen LogP contribution is -2.14. The Morgan fingerprint density at radius 1 is 1.69 bits per heavy atom. The van der Waals surface area contributed by atoms with Crippen LogP contribution >= 0.6 is 0 Å². The number of hydrogen-bond donors (Lipinski definition) is 2. The van der Waals surface area contributed by atoms with Crippen molar-refractivity contribution in [3.63, 3.8) is 0 Å². The summed E-state index contributed by atoms with van der Waals surface area (Å²) in [5.41, 5.74) is 5.97. The van der Waals surface area contributed by atoms with Crippen LogP contribution in [0.4, 0.5) is 5.95 Å². The summed E-state index contributed by atoms with van der Waals surface area (Å²) in [6, 6.07) is 3.99. The average Bonchev–Trinajstić information content (AvgIpc) is 2.82. The van der Waals surface area contributed by atoms with E-state index in [0.29, 0.717) is 11.6 Å². The Balaban J connectivity index is 2.08. The smallest absolute Gasteiger partial charge is 0.224 e. The third-order valence-electron chi connectivity index (χ3n) is 1.92. The van der Waals surface area contributed by atoms with E-state index in [1.165, 1.54) is 0 Å². The molecule has 1 saturated carbocycles. The molecule has 0 radical (unpaired) electrons. The fraction of sp³-hybridized carbons (Fsp3) is 0.375. The van der Waals surface area contributed by atoms with E-state index in [4.69, 9.17) is 11.0 Å². The molecule has 1 aromatic heterocycles. The minimum absolute atomic E-state index is 0.203. The highest BCUT2D eigenvalue weighted by molar-refractivity contribution is 5.33. The maximum atomic E-state index is 8.57. The third kappa shape index (κ3) is 1.73. The lowest BCUT2D eigenvalue weighted by atomic mass is 10.4. The summed E-state index contributed by atoms with van der Waals surface area (Å²) in [5.74, 6) is 0.483. The first-order valence-corrected chi connectivity index (χ1v) is 4.05. The Morgan fingerprint density at radius 3 is 3.08 bits per heavy atom. The molecule has 2 atom stereocenters. The lowest BCUT2D eigenvalue weighted by Gasteiger charge is -2.01. The molecule has 3 N–H and O–H groups in total. The molecule has 0 aliphatic heterocycles. The molecule has 5 nitrogen and oxygen atoms in total. The van der Waals surface area contributed by atoms with Gasteiger partial charge in [-0.1, -0.05) is 0 Å². The van der Waals surface area contributed by atoms with Gasteiger partial charge in [-0.05, 0) is 12.5 Å². The fourth-order valence-electron chi connectivity index (χ4n) is 1.04. The number of nitrogens with zero attached hydrogens (tertiary/aromatic N) is 3. The number of nitrogens with one attached hydrogen (secondary N) is 1. The summed E-state index contributed by atoms with van der Waals surface area (Å²) < 4.78 is 0. The molecule has 66 valence electrons. The highest BCUT2D eigenvalue weighted by atomic mass is 15.2. The first kappa shape index (κ1) is 7.95. The molecule has 0 aromatic carbocycles. The van der Waals surface area contributed by atoms with Gasteiger partial charge in [-0.15, -0.1) is 0 Å². The van der Waals surface area contributed by atoms with Crippen LogP contribution in [0.5, 0.6) is 0 Å². The Morgan fingerprint density at radius 2 is 2.46 bits per heavy atom. The first-order valence-electron chi connectivity index (χ1n) is 4.05. The Hall–Kier alpha value is -1.67. The van der Waals surface area contributed by atoms with Gasteiger partial charge in [0.05, 0.1) is 0 Å². The predicted octanol–water partition coefficient (Wildman–Crippen LogP) is -0.140. The Bertz CT molecular complexity index is 356. The van der Waals surface area contributed by atoms with Gasteiger partial charge < -0.3 is 11.1 Å². The molecule has 1 aliphatic rings. The standard InChI is InChI=1S/C8H9N5/c9-4-5-1-2-11-8(12-5)13-7-3-6(7)10/h1-2,6-7H,3,10H2,(H,11,12,13). The second-order valence-corrected chi connectivity index (χ2v) is 3.03. The molecule has 0 amide bonds. The van der Waals surface area contributed by atoms with Gasteiger partial charge in [-0.25, -0.2) is 9.97 Å². The maximum absolute atomic E-state index is 8.57. The molecule has 1 heterocycles. The van der Waals surface area contributed by atoms with Gasteiger partial charge in [0.25, 0.3) is 0 Å². The fourth-order valence-corrected chi connectivity index (χ4v) is 1.04. The summed E-state index contributed by atoms with van der Waals surface area (Å²) in [6.07, 6.45) is 2.50. The van der Waals surface area contributed by atoms with E-state index in [1.807, 2.05) is 6.07 Å². The van der Waals surface area contributed by atoms with Gasteiger partial charge in [0.15, 0.2) is 0 Å². The van der Waals surface area contributed by atoms with Crippen LogP contribution in [-0.4, -0.2) is 22.1 Å². The number of anilines is 1. The average molecular weight is 175 g/mol. The quantitative estimate of drug-likeness (QED) is 0.653. The van der Waals surface area contributed by atoms with Crippen molar-refractivity contribution in [1.82, 2.24) is 9.97 Å². The van der Waals surface area contributed by atoms with Gasteiger partial charge in [0.2, 0.25) is 5.95 Å². The van der Waals surface area contributed by atoms with E-state index in [9.17, 15) is 0 Å². The monoisotopic (exact) mass is 175 g/mol. The highest BCUT2D eigenvalue weighted by Gasteiger charge is 2.33. The van der Waals surface area contributed by atoms with Crippen molar-refractivity contribution >= 4 is 5.95 Å². The zero-order chi connectivity index (χ0) is 9.26. The minimum Gasteiger partial charge on any atom is -0.350 e. The minimum atomic E-state index is 0.203. The number of hydrogen-bond acceptors (Lipinski definition) is 5. The van der Waals surface area contributed by atoms with Crippen LogP contribution in [0.2, 0.25) is 0 Å². The molecule has 1 fully saturated rings. The summed E-state index contributed by atoms with van der Waals surface area (Å²) in [7, 11) is 0. The molecular formula is C8H9N5. The van der Waals surface area contributed by atoms with Crippen molar-refractivity contribution in [3.05, 3.63) is 18.0 Å². The van der Waals surface area contributed by atoms with Crippen LogP contribution in [0.25, 0.3) is 0 Å². The zero-order valence-corrected chi connectivity index (χ0v) is 6.94. The van der Waals surface area contributed by atoms with Crippen molar-refractivity contribution < 1.29 is 0 Å². The number of nitrogens with two attached hydrogens (primary N) is 1. The van der Waals surface area contributed by atoms with Crippen LogP contribution in [0.1, 0.15) is 12.1 Å². The van der Waals surface area contributed by atoms with Crippen molar-refractivity contribution in [1.29, 1.82) is 5.26 Å². The van der Waals surface area contributed by atoms with E-state index in [-0.39, 0.29) is 12.1 Å². The van der Waals surface area contributed by atoms with Crippen LogP contribution in [0.3, 0.4) is 0 Å². The highest BCUT2D eigenvalue weighted by Crippen LogP contribution is 2.21. The van der Waals surface area contributed by atoms with Crippen molar-refractivity contribution in [3.8, 4) is 6.07 Å². The van der Waals surface area contributed by atoms with Gasteiger partial charge >= 0.3 is 0 Å². The molecule has 5 heteroatoms. The maximum Gasteiger partial charge on any atom is 0.224 e. The molecule has 1 aromatic rings. The van der Waals surface area contributed by atoms with Crippen LogP contribution in [-0.2, 0) is 0 Å². The molecule has 0 bridgehead atoms. The van der Waals surface area contributed by atoms with Crippen molar-refractivity contribution in [2.24, 2.45) is 5.73 Å². The van der Waals surface area contributed by atoms with E-state index in [1.54, 1.807) is 12.3 Å². The van der Waals surface area contributed by atoms with Gasteiger partial charge in [-0.3, -0.25) is 0 Å². The summed E-state index contributed by atoms with van der Waals surface area (Å²) in [4.78, 5) is 7.94. The third-order valence-corrected chi connectivity index (χ3v) is 1.92. The summed E-state index contributed by atoms with van der Waals surface area (Å²) in [5, 5.41) is 11.6. The van der Waals surface area contributed by atoms with Gasteiger partial charge in [-0.2, -0.15) is 5.26 Å². The van der Waals surface area contributed by atoms with E-state index < -0.39 is 0 Å². The van der Waals surface area contributed by atoms with Crippen LogP contribution in [0, 0.1) is 11.3 Å². The molecule has 0 spiro atoms.